The molecule has 0 bridgehead atoms. The number of fused-ring (bicyclic) bond motifs is 2. The minimum Gasteiger partial charge on any atom is -0.459 e. The zero-order valence-corrected chi connectivity index (χ0v) is 20.7. The molecule has 4 aromatic rings. The molecular formula is C26H28N6O4. The quantitative estimate of drug-likeness (QED) is 0.390. The molecule has 4 heterocycles. The van der Waals surface area contributed by atoms with Crippen molar-refractivity contribution in [2.45, 2.75) is 40.3 Å². The molecule has 1 aliphatic heterocycles. The summed E-state index contributed by atoms with van der Waals surface area (Å²) in [7, 11) is 0. The lowest BCUT2D eigenvalue weighted by Crippen LogP contribution is -2.42. The summed E-state index contributed by atoms with van der Waals surface area (Å²) < 4.78 is 12.3. The second kappa shape index (κ2) is 9.44. The largest absolute Gasteiger partial charge is 0.459 e. The molecule has 10 heteroatoms. The number of pyridine rings is 1. The second-order valence-corrected chi connectivity index (χ2v) is 9.09. The van der Waals surface area contributed by atoms with Crippen molar-refractivity contribution in [2.75, 3.05) is 25.0 Å². The Morgan fingerprint density at radius 3 is 2.78 bits per heavy atom. The molecule has 36 heavy (non-hydrogen) atoms. The van der Waals surface area contributed by atoms with Gasteiger partial charge in [0.05, 0.1) is 11.7 Å². The number of nitrogens with one attached hydrogen (secondary N) is 1. The fourth-order valence-corrected chi connectivity index (χ4v) is 4.47. The first kappa shape index (κ1) is 23.5. The maximum absolute atomic E-state index is 13.2. The normalized spacial score (nSPS) is 13.4. The zero-order chi connectivity index (χ0) is 25.4. The number of aryl methyl sites for hydroxylation is 1. The molecule has 0 atom stereocenters. The maximum Gasteiger partial charge on any atom is 0.340 e. The van der Waals surface area contributed by atoms with Crippen LogP contribution in [0.5, 0.6) is 0 Å². The molecule has 0 aliphatic carbocycles. The molecule has 0 fully saturated rings. The highest BCUT2D eigenvalue weighted by Gasteiger charge is 2.29. The van der Waals surface area contributed by atoms with Crippen LogP contribution in [0, 0.1) is 13.8 Å². The van der Waals surface area contributed by atoms with Gasteiger partial charge in [0, 0.05) is 55.9 Å². The van der Waals surface area contributed by atoms with Crippen molar-refractivity contribution in [3.8, 4) is 11.4 Å². The van der Waals surface area contributed by atoms with Crippen LogP contribution >= 0.6 is 0 Å². The third-order valence-electron chi connectivity index (χ3n) is 6.26. The molecule has 0 saturated carbocycles. The van der Waals surface area contributed by atoms with Crippen molar-refractivity contribution in [3.63, 3.8) is 0 Å². The molecule has 186 valence electrons. The van der Waals surface area contributed by atoms with E-state index in [1.807, 2.05) is 35.8 Å². The minimum atomic E-state index is -0.400. The fraction of sp³-hybridized carbons (Fsp3) is 0.346. The number of benzene rings is 1. The number of esters is 1. The van der Waals surface area contributed by atoms with Gasteiger partial charge in [-0.1, -0.05) is 17.3 Å². The number of carbonyl (C=O) groups excluding carboxylic acids is 2. The lowest BCUT2D eigenvalue weighted by molar-refractivity contribution is 0.0376. The van der Waals surface area contributed by atoms with E-state index in [2.05, 4.69) is 20.4 Å². The van der Waals surface area contributed by atoms with E-state index >= 15 is 0 Å². The first-order valence-corrected chi connectivity index (χ1v) is 12.0. The van der Waals surface area contributed by atoms with Crippen molar-refractivity contribution >= 4 is 28.5 Å². The van der Waals surface area contributed by atoms with Crippen molar-refractivity contribution in [1.29, 1.82) is 0 Å². The Bertz CT molecular complexity index is 1450. The topological polar surface area (TPSA) is 115 Å². The first-order chi connectivity index (χ1) is 17.3. The Kier molecular flexibility index (Phi) is 6.17. The molecule has 1 aliphatic rings. The molecule has 10 nitrogen and oxygen atoms in total. The number of rotatable bonds is 7. The molecule has 1 amide bonds. The monoisotopic (exact) mass is 488 g/mol. The molecular weight excluding hydrogens is 460 g/mol. The fourth-order valence-electron chi connectivity index (χ4n) is 4.47. The number of hydrogen-bond donors (Lipinski definition) is 1. The predicted molar refractivity (Wildman–Crippen MR) is 134 cm³/mol. The molecule has 3 aromatic heterocycles. The van der Waals surface area contributed by atoms with Crippen LogP contribution in [0.1, 0.15) is 46.3 Å². The van der Waals surface area contributed by atoms with E-state index in [9.17, 15) is 9.59 Å². The molecule has 0 radical (unpaired) electrons. The van der Waals surface area contributed by atoms with Crippen LogP contribution < -0.4 is 5.32 Å². The molecule has 0 saturated heterocycles. The van der Waals surface area contributed by atoms with Gasteiger partial charge in [-0.15, -0.1) is 0 Å². The highest BCUT2D eigenvalue weighted by Crippen LogP contribution is 2.27. The summed E-state index contributed by atoms with van der Waals surface area (Å²) in [5.74, 6) is 1.25. The summed E-state index contributed by atoms with van der Waals surface area (Å²) in [6, 6.07) is 9.52. The SMILES string of the molecule is Cc1nc(-c2ccc3ccnc(NCCN4CCn5c(cc(C(=O)OC(C)C)c5C)C4=O)c3c2)no1. The lowest BCUT2D eigenvalue weighted by Gasteiger charge is -2.29. The van der Waals surface area contributed by atoms with Crippen molar-refractivity contribution < 1.29 is 18.8 Å². The van der Waals surface area contributed by atoms with Crippen LogP contribution in [-0.2, 0) is 11.3 Å². The highest BCUT2D eigenvalue weighted by molar-refractivity contribution is 5.99. The third-order valence-corrected chi connectivity index (χ3v) is 6.26. The summed E-state index contributed by atoms with van der Waals surface area (Å²) in [6.45, 7) is 9.42. The van der Waals surface area contributed by atoms with E-state index in [-0.39, 0.29) is 12.0 Å². The van der Waals surface area contributed by atoms with Crippen LogP contribution in [0.4, 0.5) is 5.82 Å². The number of hydrogen-bond acceptors (Lipinski definition) is 8. The Balaban J connectivity index is 1.29. The Hall–Kier alpha value is -4.21. The second-order valence-electron chi connectivity index (χ2n) is 9.09. The van der Waals surface area contributed by atoms with Gasteiger partial charge in [0.25, 0.3) is 5.91 Å². The minimum absolute atomic E-state index is 0.101. The van der Waals surface area contributed by atoms with Gasteiger partial charge >= 0.3 is 5.97 Å². The Morgan fingerprint density at radius 1 is 1.19 bits per heavy atom. The van der Waals surface area contributed by atoms with Gasteiger partial charge in [-0.3, -0.25) is 4.79 Å². The van der Waals surface area contributed by atoms with Gasteiger partial charge < -0.3 is 24.0 Å². The summed E-state index contributed by atoms with van der Waals surface area (Å²) in [6.07, 6.45) is 1.53. The van der Waals surface area contributed by atoms with Crippen LogP contribution in [0.2, 0.25) is 0 Å². The van der Waals surface area contributed by atoms with E-state index in [4.69, 9.17) is 9.26 Å². The predicted octanol–water partition coefficient (Wildman–Crippen LogP) is 3.84. The van der Waals surface area contributed by atoms with Crippen molar-refractivity contribution in [2.24, 2.45) is 0 Å². The Labute approximate surface area is 208 Å². The van der Waals surface area contributed by atoms with E-state index in [0.717, 1.165) is 27.8 Å². The van der Waals surface area contributed by atoms with Crippen LogP contribution in [0.3, 0.4) is 0 Å². The standard InChI is InChI=1S/C26H28N6O4/c1-15(2)35-26(34)20-14-22-25(33)31(11-12-32(22)16(20)3)10-9-28-24-21-13-19(23-29-17(4)36-30-23)6-5-18(21)7-8-27-24/h5-8,13-15H,9-12H2,1-4H3,(H,27,28). The van der Waals surface area contributed by atoms with Gasteiger partial charge in [0.15, 0.2) is 0 Å². The van der Waals surface area contributed by atoms with E-state index < -0.39 is 5.97 Å². The molecule has 0 unspecified atom stereocenters. The van der Waals surface area contributed by atoms with Crippen molar-refractivity contribution in [3.05, 3.63) is 59.4 Å². The number of aromatic nitrogens is 4. The summed E-state index contributed by atoms with van der Waals surface area (Å²) in [5, 5.41) is 9.33. The van der Waals surface area contributed by atoms with E-state index in [1.54, 1.807) is 37.9 Å². The zero-order valence-electron chi connectivity index (χ0n) is 20.7. The van der Waals surface area contributed by atoms with Gasteiger partial charge in [0.1, 0.15) is 11.5 Å². The lowest BCUT2D eigenvalue weighted by atomic mass is 10.1. The van der Waals surface area contributed by atoms with Crippen LogP contribution in [-0.4, -0.2) is 62.2 Å². The average molecular weight is 489 g/mol. The number of amides is 1. The van der Waals surface area contributed by atoms with Crippen LogP contribution in [0.25, 0.3) is 22.2 Å². The van der Waals surface area contributed by atoms with E-state index in [1.165, 1.54) is 0 Å². The first-order valence-electron chi connectivity index (χ1n) is 12.0. The third kappa shape index (κ3) is 4.41. The maximum atomic E-state index is 13.2. The highest BCUT2D eigenvalue weighted by atomic mass is 16.5. The number of nitrogens with zero attached hydrogens (tertiary/aromatic N) is 5. The van der Waals surface area contributed by atoms with Gasteiger partial charge in [-0.2, -0.15) is 4.98 Å². The molecule has 5 rings (SSSR count). The van der Waals surface area contributed by atoms with Gasteiger partial charge in [-0.05, 0) is 44.4 Å². The number of ether oxygens (including phenoxy) is 1. The summed E-state index contributed by atoms with van der Waals surface area (Å²) >= 11 is 0. The molecule has 1 aromatic carbocycles. The molecule has 0 spiro atoms. The molecule has 1 N–H and O–H groups in total. The Morgan fingerprint density at radius 2 is 2.03 bits per heavy atom. The number of anilines is 1. The van der Waals surface area contributed by atoms with Crippen LogP contribution in [0.15, 0.2) is 41.1 Å². The van der Waals surface area contributed by atoms with Crippen molar-refractivity contribution in [1.82, 2.24) is 24.6 Å². The van der Waals surface area contributed by atoms with E-state index in [0.29, 0.717) is 49.2 Å². The van der Waals surface area contributed by atoms with Gasteiger partial charge in [0.2, 0.25) is 11.7 Å². The van der Waals surface area contributed by atoms with Gasteiger partial charge in [-0.25, -0.2) is 9.78 Å². The summed E-state index contributed by atoms with van der Waals surface area (Å²) in [4.78, 5) is 36.2. The summed E-state index contributed by atoms with van der Waals surface area (Å²) in [5.41, 5.74) is 2.55. The average Bonchev–Trinajstić information content (AvgIpc) is 3.43. The smallest absolute Gasteiger partial charge is 0.340 e. The number of carbonyl (C=O) groups is 2.